The second kappa shape index (κ2) is 7.80. The van der Waals surface area contributed by atoms with E-state index in [0.29, 0.717) is 46.1 Å². The first-order valence-corrected chi connectivity index (χ1v) is 11.3. The summed E-state index contributed by atoms with van der Waals surface area (Å²) < 4.78 is 0. The number of ketones is 1. The maximum absolute atomic E-state index is 14.2. The third-order valence-electron chi connectivity index (χ3n) is 6.84. The van der Waals surface area contributed by atoms with Crippen LogP contribution in [0.15, 0.2) is 65.1 Å². The van der Waals surface area contributed by atoms with Gasteiger partial charge in [0.2, 0.25) is 5.91 Å². The van der Waals surface area contributed by atoms with Gasteiger partial charge < -0.3 is 5.73 Å². The standard InChI is InChI=1S/C27H21ClN4O2/c1-3-13-31-20-8-5-4-7-18(20)27(26(31)34)19(15-29)25(30)32(21-9-6-10-23(33)24(21)27)22-14-17(28)12-11-16(22)2/h1,4-5,7-8,11-12,14H,6,9-10,13,30H2,2H3/t27-/m1/s1. The number of nitrogens with zero attached hydrogens (tertiary/aromatic N) is 3. The first-order valence-electron chi connectivity index (χ1n) is 11.0. The Labute approximate surface area is 202 Å². The topological polar surface area (TPSA) is 90.4 Å². The number of fused-ring (bicyclic) bond motifs is 3. The molecule has 7 heteroatoms. The number of rotatable bonds is 2. The Bertz CT molecular complexity index is 1420. The van der Waals surface area contributed by atoms with E-state index in [1.54, 1.807) is 41.3 Å². The van der Waals surface area contributed by atoms with Gasteiger partial charge in [-0.15, -0.1) is 6.42 Å². The van der Waals surface area contributed by atoms with Crippen LogP contribution in [-0.4, -0.2) is 18.2 Å². The predicted molar refractivity (Wildman–Crippen MR) is 131 cm³/mol. The van der Waals surface area contributed by atoms with Crippen molar-refractivity contribution < 1.29 is 9.59 Å². The number of benzene rings is 2. The third-order valence-corrected chi connectivity index (χ3v) is 7.07. The molecule has 6 nitrogen and oxygen atoms in total. The summed E-state index contributed by atoms with van der Waals surface area (Å²) in [5.74, 6) is 2.06. The van der Waals surface area contributed by atoms with Crippen molar-refractivity contribution in [2.75, 3.05) is 16.3 Å². The molecule has 0 bridgehead atoms. The number of hydrogen-bond acceptors (Lipinski definition) is 5. The van der Waals surface area contributed by atoms with Gasteiger partial charge in [-0.2, -0.15) is 5.26 Å². The van der Waals surface area contributed by atoms with Crippen LogP contribution >= 0.6 is 11.6 Å². The van der Waals surface area contributed by atoms with Gasteiger partial charge in [0.25, 0.3) is 0 Å². The number of nitriles is 1. The average molecular weight is 469 g/mol. The molecule has 0 radical (unpaired) electrons. The largest absolute Gasteiger partial charge is 0.384 e. The molecule has 3 aliphatic rings. The summed E-state index contributed by atoms with van der Waals surface area (Å²) in [6, 6.07) is 14.7. The number of carbonyl (C=O) groups excluding carboxylic acids is 2. The van der Waals surface area contributed by atoms with Gasteiger partial charge in [0.1, 0.15) is 17.3 Å². The van der Waals surface area contributed by atoms with E-state index in [0.717, 1.165) is 5.56 Å². The fourth-order valence-electron chi connectivity index (χ4n) is 5.48. The number of anilines is 2. The number of carbonyl (C=O) groups is 2. The lowest BCUT2D eigenvalue weighted by Gasteiger charge is -2.44. The molecule has 0 saturated heterocycles. The van der Waals surface area contributed by atoms with Gasteiger partial charge in [0.05, 0.1) is 17.8 Å². The minimum absolute atomic E-state index is 0.0180. The van der Waals surface area contributed by atoms with Crippen LogP contribution in [0, 0.1) is 30.6 Å². The SMILES string of the molecule is C#CCN1C(=O)[C@@]2(C(C#N)=C(N)N(c3cc(Cl)ccc3C)C3=C2C(=O)CCC3)c2ccccc21. The van der Waals surface area contributed by atoms with Crippen LogP contribution in [0.5, 0.6) is 0 Å². The number of terminal acetylenes is 1. The second-order valence-corrected chi connectivity index (χ2v) is 9.04. The van der Waals surface area contributed by atoms with Crippen molar-refractivity contribution in [3.8, 4) is 18.4 Å². The Morgan fingerprint density at radius 3 is 2.68 bits per heavy atom. The van der Waals surface area contributed by atoms with Crippen LogP contribution in [0.3, 0.4) is 0 Å². The van der Waals surface area contributed by atoms with Gasteiger partial charge in [0, 0.05) is 34.0 Å². The number of para-hydroxylation sites is 1. The van der Waals surface area contributed by atoms with E-state index in [1.165, 1.54) is 4.90 Å². The van der Waals surface area contributed by atoms with Crippen molar-refractivity contribution in [2.24, 2.45) is 5.73 Å². The lowest BCUT2D eigenvalue weighted by Crippen LogP contribution is -2.52. The molecule has 2 heterocycles. The van der Waals surface area contributed by atoms with Crippen LogP contribution < -0.4 is 15.5 Å². The summed E-state index contributed by atoms with van der Waals surface area (Å²) in [4.78, 5) is 31.0. The van der Waals surface area contributed by atoms with Crippen LogP contribution in [0.4, 0.5) is 11.4 Å². The van der Waals surface area contributed by atoms with Crippen LogP contribution in [0.1, 0.15) is 30.4 Å². The number of aryl methyl sites for hydroxylation is 1. The molecule has 0 saturated carbocycles. The van der Waals surface area contributed by atoms with E-state index >= 15 is 0 Å². The number of Topliss-reactive ketones (excluding diaryl/α,β-unsaturated/α-hetero) is 1. The molecule has 0 unspecified atom stereocenters. The van der Waals surface area contributed by atoms with Crippen molar-refractivity contribution in [1.29, 1.82) is 5.26 Å². The maximum Gasteiger partial charge on any atom is 0.248 e. The molecular weight excluding hydrogens is 448 g/mol. The van der Waals surface area contributed by atoms with E-state index in [9.17, 15) is 14.9 Å². The highest BCUT2D eigenvalue weighted by Gasteiger charge is 2.62. The molecule has 1 amide bonds. The van der Waals surface area contributed by atoms with E-state index in [4.69, 9.17) is 23.8 Å². The van der Waals surface area contributed by atoms with Gasteiger partial charge in [-0.05, 0) is 43.5 Å². The first-order chi connectivity index (χ1) is 16.4. The summed E-state index contributed by atoms with van der Waals surface area (Å²) in [7, 11) is 0. The fraction of sp³-hybridized carbons (Fsp3) is 0.222. The molecular formula is C27H21ClN4O2. The maximum atomic E-state index is 14.2. The number of allylic oxidation sites excluding steroid dienone is 1. The van der Waals surface area contributed by atoms with Crippen LogP contribution in [0.2, 0.25) is 5.02 Å². The summed E-state index contributed by atoms with van der Waals surface area (Å²) >= 11 is 6.31. The van der Waals surface area contributed by atoms with Gasteiger partial charge in [0.15, 0.2) is 5.78 Å². The zero-order chi connectivity index (χ0) is 24.2. The van der Waals surface area contributed by atoms with Crippen LogP contribution in [0.25, 0.3) is 0 Å². The number of halogens is 1. The highest BCUT2D eigenvalue weighted by atomic mass is 35.5. The molecule has 34 heavy (non-hydrogen) atoms. The van der Waals surface area contributed by atoms with Gasteiger partial charge in [-0.1, -0.05) is 41.8 Å². The monoisotopic (exact) mass is 468 g/mol. The average Bonchev–Trinajstić information content (AvgIpc) is 3.05. The third kappa shape index (κ3) is 2.70. The van der Waals surface area contributed by atoms with Crippen molar-refractivity contribution in [1.82, 2.24) is 0 Å². The summed E-state index contributed by atoms with van der Waals surface area (Å²) in [6.45, 7) is 1.93. The molecule has 0 aromatic heterocycles. The van der Waals surface area contributed by atoms with Crippen molar-refractivity contribution in [2.45, 2.75) is 31.6 Å². The smallest absolute Gasteiger partial charge is 0.248 e. The molecule has 2 aromatic carbocycles. The highest BCUT2D eigenvalue weighted by molar-refractivity contribution is 6.31. The molecule has 2 aromatic rings. The molecule has 2 aliphatic heterocycles. The van der Waals surface area contributed by atoms with Gasteiger partial charge >= 0.3 is 0 Å². The zero-order valence-electron chi connectivity index (χ0n) is 18.6. The number of nitrogens with two attached hydrogens (primary N) is 1. The Morgan fingerprint density at radius 1 is 1.18 bits per heavy atom. The van der Waals surface area contributed by atoms with E-state index in [1.807, 2.05) is 13.0 Å². The molecule has 1 aliphatic carbocycles. The Kier molecular flexibility index (Phi) is 5.01. The van der Waals surface area contributed by atoms with Crippen molar-refractivity contribution >= 4 is 34.7 Å². The van der Waals surface area contributed by atoms with E-state index in [-0.39, 0.29) is 30.1 Å². The lowest BCUT2D eigenvalue weighted by molar-refractivity contribution is -0.124. The zero-order valence-corrected chi connectivity index (χ0v) is 19.3. The first kappa shape index (κ1) is 21.8. The lowest BCUT2D eigenvalue weighted by atomic mass is 9.63. The van der Waals surface area contributed by atoms with E-state index in [2.05, 4.69) is 12.0 Å². The van der Waals surface area contributed by atoms with E-state index < -0.39 is 11.3 Å². The molecule has 2 N–H and O–H groups in total. The molecule has 0 fully saturated rings. The normalized spacial score (nSPS) is 21.5. The summed E-state index contributed by atoms with van der Waals surface area (Å²) in [5, 5.41) is 10.9. The Morgan fingerprint density at radius 2 is 1.94 bits per heavy atom. The predicted octanol–water partition coefficient (Wildman–Crippen LogP) is 4.09. The molecule has 1 atom stereocenters. The van der Waals surface area contributed by atoms with Crippen molar-refractivity contribution in [3.63, 3.8) is 0 Å². The quantitative estimate of drug-likeness (QED) is 0.670. The minimum Gasteiger partial charge on any atom is -0.384 e. The molecule has 5 rings (SSSR count). The minimum atomic E-state index is -1.62. The molecule has 168 valence electrons. The second-order valence-electron chi connectivity index (χ2n) is 8.60. The summed E-state index contributed by atoms with van der Waals surface area (Å²) in [5.41, 5.74) is 8.74. The van der Waals surface area contributed by atoms with Gasteiger partial charge in [-0.3, -0.25) is 19.4 Å². The van der Waals surface area contributed by atoms with Crippen LogP contribution in [-0.2, 0) is 15.0 Å². The summed E-state index contributed by atoms with van der Waals surface area (Å²) in [6.07, 6.45) is 7.01. The van der Waals surface area contributed by atoms with Crippen molar-refractivity contribution in [3.05, 3.63) is 81.3 Å². The number of amides is 1. The number of hydrogen-bond donors (Lipinski definition) is 1. The molecule has 1 spiro atoms. The highest BCUT2D eigenvalue weighted by Crippen LogP contribution is 2.56. The Hall–Kier alpha value is -4.00. The fourth-order valence-corrected chi connectivity index (χ4v) is 5.64. The Balaban J connectivity index is 1.91. The van der Waals surface area contributed by atoms with Gasteiger partial charge in [-0.25, -0.2) is 0 Å².